The van der Waals surface area contributed by atoms with Gasteiger partial charge in [0.2, 0.25) is 0 Å². The standard InChI is InChI=1S/C10H17BrN2O/c1-7(2)13-5-9(12-10(13)11)6-14-8(3)4/h5,7-8H,6H2,1-4H3. The van der Waals surface area contributed by atoms with Crippen LogP contribution in [0.3, 0.4) is 0 Å². The van der Waals surface area contributed by atoms with Crippen LogP contribution in [0.2, 0.25) is 0 Å². The van der Waals surface area contributed by atoms with Crippen LogP contribution >= 0.6 is 15.9 Å². The van der Waals surface area contributed by atoms with Crippen LogP contribution in [-0.2, 0) is 11.3 Å². The summed E-state index contributed by atoms with van der Waals surface area (Å²) in [4.78, 5) is 4.36. The molecule has 0 aromatic carbocycles. The van der Waals surface area contributed by atoms with Crippen molar-refractivity contribution >= 4 is 15.9 Å². The highest BCUT2D eigenvalue weighted by Crippen LogP contribution is 2.16. The quantitative estimate of drug-likeness (QED) is 0.832. The second-order valence-electron chi connectivity index (χ2n) is 3.86. The predicted molar refractivity (Wildman–Crippen MR) is 60.2 cm³/mol. The fourth-order valence-corrected chi connectivity index (χ4v) is 1.84. The van der Waals surface area contributed by atoms with Gasteiger partial charge in [0.25, 0.3) is 0 Å². The normalized spacial score (nSPS) is 11.6. The highest BCUT2D eigenvalue weighted by atomic mass is 79.9. The molecule has 80 valence electrons. The molecule has 0 saturated carbocycles. The van der Waals surface area contributed by atoms with Gasteiger partial charge in [-0.25, -0.2) is 4.98 Å². The first-order valence-corrected chi connectivity index (χ1v) is 5.65. The first-order chi connectivity index (χ1) is 6.50. The highest BCUT2D eigenvalue weighted by Gasteiger charge is 2.08. The summed E-state index contributed by atoms with van der Waals surface area (Å²) in [6, 6.07) is 0.421. The lowest BCUT2D eigenvalue weighted by Gasteiger charge is -2.06. The summed E-state index contributed by atoms with van der Waals surface area (Å²) in [7, 11) is 0. The summed E-state index contributed by atoms with van der Waals surface area (Å²) in [5.41, 5.74) is 0.972. The topological polar surface area (TPSA) is 27.1 Å². The molecule has 0 saturated heterocycles. The van der Waals surface area contributed by atoms with Crippen molar-refractivity contribution in [2.45, 2.75) is 46.4 Å². The lowest BCUT2D eigenvalue weighted by atomic mass is 10.4. The minimum Gasteiger partial charge on any atom is -0.372 e. The Balaban J connectivity index is 2.66. The van der Waals surface area contributed by atoms with Crippen LogP contribution in [0, 0.1) is 0 Å². The van der Waals surface area contributed by atoms with Gasteiger partial charge >= 0.3 is 0 Å². The van der Waals surface area contributed by atoms with E-state index in [1.165, 1.54) is 0 Å². The molecular weight excluding hydrogens is 244 g/mol. The SMILES string of the molecule is CC(C)OCc1cn(C(C)C)c(Br)n1. The summed E-state index contributed by atoms with van der Waals surface area (Å²) in [5, 5.41) is 0. The van der Waals surface area contributed by atoms with Gasteiger partial charge in [-0.2, -0.15) is 0 Å². The third-order valence-electron chi connectivity index (χ3n) is 1.86. The van der Waals surface area contributed by atoms with Gasteiger partial charge in [-0.15, -0.1) is 0 Å². The van der Waals surface area contributed by atoms with E-state index >= 15 is 0 Å². The lowest BCUT2D eigenvalue weighted by molar-refractivity contribution is 0.0637. The van der Waals surface area contributed by atoms with Crippen LogP contribution in [-0.4, -0.2) is 15.7 Å². The molecule has 1 aromatic heterocycles. The smallest absolute Gasteiger partial charge is 0.177 e. The van der Waals surface area contributed by atoms with Crippen LogP contribution in [0.5, 0.6) is 0 Å². The Bertz CT molecular complexity index is 294. The number of hydrogen-bond donors (Lipinski definition) is 0. The zero-order valence-corrected chi connectivity index (χ0v) is 10.7. The van der Waals surface area contributed by atoms with Crippen molar-refractivity contribution in [3.05, 3.63) is 16.6 Å². The summed E-state index contributed by atoms with van der Waals surface area (Å²) in [6.07, 6.45) is 2.27. The summed E-state index contributed by atoms with van der Waals surface area (Å²) in [5.74, 6) is 0. The van der Waals surface area contributed by atoms with Crippen molar-refractivity contribution in [2.75, 3.05) is 0 Å². The van der Waals surface area contributed by atoms with Gasteiger partial charge in [-0.1, -0.05) is 0 Å². The maximum absolute atomic E-state index is 5.48. The van der Waals surface area contributed by atoms with E-state index in [1.807, 2.05) is 20.0 Å². The predicted octanol–water partition coefficient (Wildman–Crippen LogP) is 3.15. The van der Waals surface area contributed by atoms with Crippen LogP contribution in [0.1, 0.15) is 39.4 Å². The van der Waals surface area contributed by atoms with Crippen LogP contribution in [0.4, 0.5) is 0 Å². The Kier molecular flexibility index (Phi) is 4.13. The van der Waals surface area contributed by atoms with Gasteiger partial charge in [0, 0.05) is 12.2 Å². The first-order valence-electron chi connectivity index (χ1n) is 4.85. The number of imidazole rings is 1. The Morgan fingerprint density at radius 3 is 2.50 bits per heavy atom. The second kappa shape index (κ2) is 4.94. The molecule has 0 fully saturated rings. The molecule has 0 bridgehead atoms. The Morgan fingerprint density at radius 2 is 2.07 bits per heavy atom. The van der Waals surface area contributed by atoms with E-state index in [9.17, 15) is 0 Å². The number of halogens is 1. The summed E-state index contributed by atoms with van der Waals surface area (Å²) < 4.78 is 8.43. The molecule has 1 heterocycles. The molecule has 0 N–H and O–H groups in total. The van der Waals surface area contributed by atoms with E-state index in [2.05, 4.69) is 39.3 Å². The molecule has 0 aliphatic rings. The minimum absolute atomic E-state index is 0.248. The molecule has 14 heavy (non-hydrogen) atoms. The van der Waals surface area contributed by atoms with Crippen molar-refractivity contribution in [1.82, 2.24) is 9.55 Å². The number of rotatable bonds is 4. The maximum Gasteiger partial charge on any atom is 0.177 e. The summed E-state index contributed by atoms with van der Waals surface area (Å²) >= 11 is 3.42. The van der Waals surface area contributed by atoms with Gasteiger partial charge in [0.1, 0.15) is 0 Å². The van der Waals surface area contributed by atoms with Gasteiger partial charge < -0.3 is 9.30 Å². The third kappa shape index (κ3) is 3.10. The monoisotopic (exact) mass is 260 g/mol. The molecule has 3 nitrogen and oxygen atoms in total. The fraction of sp³-hybridized carbons (Fsp3) is 0.700. The molecule has 0 spiro atoms. The zero-order chi connectivity index (χ0) is 10.7. The molecule has 0 aliphatic carbocycles. The molecule has 0 atom stereocenters. The Morgan fingerprint density at radius 1 is 1.43 bits per heavy atom. The van der Waals surface area contributed by atoms with Crippen LogP contribution < -0.4 is 0 Å². The fourth-order valence-electron chi connectivity index (χ4n) is 1.10. The van der Waals surface area contributed by atoms with E-state index in [4.69, 9.17) is 4.74 Å². The van der Waals surface area contributed by atoms with Crippen molar-refractivity contribution < 1.29 is 4.74 Å². The Labute approximate surface area is 93.6 Å². The van der Waals surface area contributed by atoms with E-state index in [-0.39, 0.29) is 6.10 Å². The number of ether oxygens (including phenoxy) is 1. The largest absolute Gasteiger partial charge is 0.372 e. The molecule has 0 amide bonds. The van der Waals surface area contributed by atoms with E-state index in [1.54, 1.807) is 0 Å². The minimum atomic E-state index is 0.248. The molecule has 1 rings (SSSR count). The lowest BCUT2D eigenvalue weighted by Crippen LogP contribution is -2.02. The Hall–Kier alpha value is -0.350. The molecular formula is C10H17BrN2O. The molecule has 0 aliphatic heterocycles. The van der Waals surface area contributed by atoms with Gasteiger partial charge in [-0.3, -0.25) is 0 Å². The van der Waals surface area contributed by atoms with E-state index in [0.29, 0.717) is 12.6 Å². The first kappa shape index (κ1) is 11.7. The van der Waals surface area contributed by atoms with E-state index < -0.39 is 0 Å². The number of hydrogen-bond acceptors (Lipinski definition) is 2. The molecule has 0 unspecified atom stereocenters. The average molecular weight is 261 g/mol. The maximum atomic E-state index is 5.48. The molecule has 4 heteroatoms. The average Bonchev–Trinajstić information content (AvgIpc) is 2.43. The van der Waals surface area contributed by atoms with Crippen molar-refractivity contribution in [3.63, 3.8) is 0 Å². The summed E-state index contributed by atoms with van der Waals surface area (Å²) in [6.45, 7) is 8.87. The van der Waals surface area contributed by atoms with Crippen LogP contribution in [0.25, 0.3) is 0 Å². The number of aromatic nitrogens is 2. The van der Waals surface area contributed by atoms with Gasteiger partial charge in [0.05, 0.1) is 18.4 Å². The highest BCUT2D eigenvalue weighted by molar-refractivity contribution is 9.10. The van der Waals surface area contributed by atoms with Crippen molar-refractivity contribution in [2.24, 2.45) is 0 Å². The van der Waals surface area contributed by atoms with Crippen LogP contribution in [0.15, 0.2) is 10.9 Å². The molecule has 0 radical (unpaired) electrons. The zero-order valence-electron chi connectivity index (χ0n) is 9.12. The van der Waals surface area contributed by atoms with Gasteiger partial charge in [0.15, 0.2) is 4.73 Å². The third-order valence-corrected chi connectivity index (χ3v) is 2.44. The van der Waals surface area contributed by atoms with Crippen molar-refractivity contribution in [1.29, 1.82) is 0 Å². The second-order valence-corrected chi connectivity index (χ2v) is 4.57. The van der Waals surface area contributed by atoms with Crippen molar-refractivity contribution in [3.8, 4) is 0 Å². The number of nitrogens with zero attached hydrogens (tertiary/aromatic N) is 2. The van der Waals surface area contributed by atoms with E-state index in [0.717, 1.165) is 10.4 Å². The molecule has 1 aromatic rings. The van der Waals surface area contributed by atoms with Gasteiger partial charge in [-0.05, 0) is 43.6 Å².